The molecule has 108 valence electrons. The van der Waals surface area contributed by atoms with E-state index in [4.69, 9.17) is 21.8 Å². The van der Waals surface area contributed by atoms with Crippen LogP contribution in [0.4, 0.5) is 10.2 Å². The molecule has 3 rings (SSSR count). The van der Waals surface area contributed by atoms with Crippen molar-refractivity contribution in [2.45, 2.75) is 12.8 Å². The predicted octanol–water partition coefficient (Wildman–Crippen LogP) is 3.83. The average Bonchev–Trinajstić information content (AvgIpc) is 3.07. The second-order valence-electron chi connectivity index (χ2n) is 4.67. The third-order valence-corrected chi connectivity index (χ3v) is 3.58. The number of halogens is 2. The number of aryl methyl sites for hydroxylation is 2. The molecule has 0 saturated heterocycles. The zero-order chi connectivity index (χ0) is 14.8. The van der Waals surface area contributed by atoms with Crippen LogP contribution in [0.25, 0.3) is 11.1 Å². The lowest BCUT2D eigenvalue weighted by molar-refractivity contribution is 0.507. The highest BCUT2D eigenvalue weighted by Crippen LogP contribution is 2.34. The van der Waals surface area contributed by atoms with Crippen molar-refractivity contribution in [2.24, 2.45) is 0 Å². The number of aromatic amines is 1. The number of hydrogen-bond donors (Lipinski definition) is 2. The second-order valence-corrected chi connectivity index (χ2v) is 5.07. The van der Waals surface area contributed by atoms with Crippen molar-refractivity contribution in [1.82, 2.24) is 10.2 Å². The summed E-state index contributed by atoms with van der Waals surface area (Å²) >= 11 is 6.11. The van der Waals surface area contributed by atoms with Crippen LogP contribution in [0.5, 0.6) is 0 Å². The molecule has 0 aliphatic rings. The van der Waals surface area contributed by atoms with Crippen molar-refractivity contribution in [3.05, 3.63) is 58.9 Å². The molecule has 0 unspecified atom stereocenters. The first-order valence-corrected chi connectivity index (χ1v) is 6.83. The van der Waals surface area contributed by atoms with Crippen LogP contribution in [0, 0.1) is 5.82 Å². The Morgan fingerprint density at radius 2 is 2.14 bits per heavy atom. The minimum atomic E-state index is -0.386. The summed E-state index contributed by atoms with van der Waals surface area (Å²) in [7, 11) is 0. The van der Waals surface area contributed by atoms with Gasteiger partial charge in [-0.1, -0.05) is 11.6 Å². The van der Waals surface area contributed by atoms with Crippen molar-refractivity contribution in [3.8, 4) is 11.1 Å². The number of nitrogens with one attached hydrogen (secondary N) is 1. The molecule has 0 aliphatic carbocycles. The van der Waals surface area contributed by atoms with Gasteiger partial charge in [-0.15, -0.1) is 0 Å². The van der Waals surface area contributed by atoms with E-state index in [1.54, 1.807) is 12.3 Å². The number of H-pyrrole nitrogens is 1. The lowest BCUT2D eigenvalue weighted by Crippen LogP contribution is -1.95. The van der Waals surface area contributed by atoms with Crippen molar-refractivity contribution in [1.29, 1.82) is 0 Å². The number of rotatable bonds is 4. The van der Waals surface area contributed by atoms with Crippen LogP contribution in [0.2, 0.25) is 5.02 Å². The Morgan fingerprint density at radius 3 is 2.86 bits per heavy atom. The number of nitrogens with two attached hydrogens (primary N) is 1. The van der Waals surface area contributed by atoms with E-state index in [1.807, 2.05) is 12.1 Å². The molecule has 3 aromatic rings. The fourth-order valence-electron chi connectivity index (χ4n) is 2.27. The zero-order valence-corrected chi connectivity index (χ0v) is 11.8. The second kappa shape index (κ2) is 5.61. The number of hydrogen-bond acceptors (Lipinski definition) is 3. The van der Waals surface area contributed by atoms with Crippen LogP contribution in [-0.4, -0.2) is 10.2 Å². The van der Waals surface area contributed by atoms with Crippen LogP contribution in [0.3, 0.4) is 0 Å². The van der Waals surface area contributed by atoms with Gasteiger partial charge in [0.15, 0.2) is 5.82 Å². The van der Waals surface area contributed by atoms with E-state index in [9.17, 15) is 4.39 Å². The Labute approximate surface area is 125 Å². The molecule has 3 N–H and O–H groups in total. The number of aromatic nitrogens is 2. The molecule has 21 heavy (non-hydrogen) atoms. The smallest absolute Gasteiger partial charge is 0.153 e. The maximum absolute atomic E-state index is 13.2. The Bertz CT molecular complexity index is 752. The molecular formula is C15H13ClFN3O. The van der Waals surface area contributed by atoms with E-state index in [1.165, 1.54) is 12.1 Å². The van der Waals surface area contributed by atoms with Crippen molar-refractivity contribution in [2.75, 3.05) is 5.73 Å². The lowest BCUT2D eigenvalue weighted by Gasteiger charge is -2.06. The van der Waals surface area contributed by atoms with Gasteiger partial charge in [0.1, 0.15) is 11.6 Å². The largest absolute Gasteiger partial charge is 0.469 e. The molecular weight excluding hydrogens is 293 g/mol. The van der Waals surface area contributed by atoms with Gasteiger partial charge >= 0.3 is 0 Å². The maximum atomic E-state index is 13.2. The predicted molar refractivity (Wildman–Crippen MR) is 79.5 cm³/mol. The minimum absolute atomic E-state index is 0.308. The highest BCUT2D eigenvalue weighted by Gasteiger charge is 2.16. The van der Waals surface area contributed by atoms with Gasteiger partial charge in [0.25, 0.3) is 0 Å². The first-order valence-electron chi connectivity index (χ1n) is 6.45. The maximum Gasteiger partial charge on any atom is 0.153 e. The number of benzene rings is 1. The molecule has 4 nitrogen and oxygen atoms in total. The van der Waals surface area contributed by atoms with Gasteiger partial charge in [-0.25, -0.2) is 4.39 Å². The van der Waals surface area contributed by atoms with Gasteiger partial charge < -0.3 is 10.2 Å². The van der Waals surface area contributed by atoms with E-state index in [0.717, 1.165) is 11.5 Å². The normalized spacial score (nSPS) is 11.0. The fourth-order valence-corrected chi connectivity index (χ4v) is 2.53. The van der Waals surface area contributed by atoms with Crippen LogP contribution >= 0.6 is 11.6 Å². The molecule has 2 heterocycles. The van der Waals surface area contributed by atoms with Crippen LogP contribution < -0.4 is 5.73 Å². The summed E-state index contributed by atoms with van der Waals surface area (Å²) in [5.74, 6) is 0.834. The van der Waals surface area contributed by atoms with E-state index >= 15 is 0 Å². The molecule has 0 amide bonds. The number of nitrogen functional groups attached to an aromatic ring is 1. The Kier molecular flexibility index (Phi) is 3.66. The Hall–Kier alpha value is -2.27. The summed E-state index contributed by atoms with van der Waals surface area (Å²) in [6, 6.07) is 7.97. The van der Waals surface area contributed by atoms with Crippen LogP contribution in [0.15, 0.2) is 41.0 Å². The summed E-state index contributed by atoms with van der Waals surface area (Å²) in [6.45, 7) is 0. The Morgan fingerprint density at radius 1 is 1.29 bits per heavy atom. The highest BCUT2D eigenvalue weighted by atomic mass is 35.5. The fraction of sp³-hybridized carbons (Fsp3) is 0.133. The quantitative estimate of drug-likeness (QED) is 0.769. The molecule has 0 bridgehead atoms. The summed E-state index contributed by atoms with van der Waals surface area (Å²) in [5.41, 5.74) is 8.14. The summed E-state index contributed by atoms with van der Waals surface area (Å²) in [5, 5.41) is 7.24. The number of nitrogens with zero attached hydrogens (tertiary/aromatic N) is 1. The first-order chi connectivity index (χ1) is 10.1. The average molecular weight is 306 g/mol. The van der Waals surface area contributed by atoms with Gasteiger partial charge in [0.05, 0.1) is 11.3 Å². The molecule has 0 saturated carbocycles. The minimum Gasteiger partial charge on any atom is -0.469 e. The topological polar surface area (TPSA) is 67.8 Å². The van der Waals surface area contributed by atoms with E-state index in [2.05, 4.69) is 10.2 Å². The van der Waals surface area contributed by atoms with E-state index < -0.39 is 0 Å². The standard InChI is InChI=1S/C15H13ClFN3O/c16-12-8-9(17)3-5-11(12)14-13(19-20-15(14)18)6-4-10-2-1-7-21-10/h1-3,5,7-8H,4,6H2,(H3,18,19,20). The molecule has 6 heteroatoms. The third kappa shape index (κ3) is 2.78. The Balaban J connectivity index is 1.93. The lowest BCUT2D eigenvalue weighted by atomic mass is 10.0. The molecule has 0 fully saturated rings. The number of anilines is 1. The van der Waals surface area contributed by atoms with Gasteiger partial charge in [0, 0.05) is 23.2 Å². The zero-order valence-electron chi connectivity index (χ0n) is 11.1. The molecule has 0 atom stereocenters. The van der Waals surface area contributed by atoms with Crippen molar-refractivity contribution in [3.63, 3.8) is 0 Å². The van der Waals surface area contributed by atoms with Crippen molar-refractivity contribution >= 4 is 17.4 Å². The van der Waals surface area contributed by atoms with E-state index in [0.29, 0.717) is 34.8 Å². The molecule has 0 radical (unpaired) electrons. The van der Waals surface area contributed by atoms with Gasteiger partial charge in [-0.3, -0.25) is 5.10 Å². The van der Waals surface area contributed by atoms with Gasteiger partial charge in [-0.2, -0.15) is 5.10 Å². The van der Waals surface area contributed by atoms with E-state index in [-0.39, 0.29) is 5.82 Å². The van der Waals surface area contributed by atoms with Crippen LogP contribution in [-0.2, 0) is 12.8 Å². The highest BCUT2D eigenvalue weighted by molar-refractivity contribution is 6.33. The molecule has 0 aliphatic heterocycles. The molecule has 0 spiro atoms. The molecule has 2 aromatic heterocycles. The SMILES string of the molecule is Nc1n[nH]c(CCc2ccco2)c1-c1ccc(F)cc1Cl. The molecule has 1 aromatic carbocycles. The van der Waals surface area contributed by atoms with Crippen LogP contribution in [0.1, 0.15) is 11.5 Å². The summed E-state index contributed by atoms with van der Waals surface area (Å²) < 4.78 is 18.5. The summed E-state index contributed by atoms with van der Waals surface area (Å²) in [6.07, 6.45) is 3.01. The number of furan rings is 1. The third-order valence-electron chi connectivity index (χ3n) is 3.27. The van der Waals surface area contributed by atoms with Crippen molar-refractivity contribution < 1.29 is 8.81 Å². The van der Waals surface area contributed by atoms with Gasteiger partial charge in [0.2, 0.25) is 0 Å². The summed E-state index contributed by atoms with van der Waals surface area (Å²) in [4.78, 5) is 0. The van der Waals surface area contributed by atoms with Gasteiger partial charge in [-0.05, 0) is 36.8 Å². The first kappa shape index (κ1) is 13.7. The monoisotopic (exact) mass is 305 g/mol.